The molecule has 1 aromatic rings. The topological polar surface area (TPSA) is 82.0 Å². The molecule has 90 valence electrons. The molecular weight excluding hydrogens is 208 g/mol. The second-order valence-corrected chi connectivity index (χ2v) is 3.60. The van der Waals surface area contributed by atoms with Crippen molar-refractivity contribution in [3.63, 3.8) is 0 Å². The highest BCUT2D eigenvalue weighted by Crippen LogP contribution is 2.07. The normalized spacial score (nSPS) is 10.5. The van der Waals surface area contributed by atoms with Crippen LogP contribution in [0, 0.1) is 0 Å². The smallest absolute Gasteiger partial charge is 0.332 e. The Kier molecular flexibility index (Phi) is 3.89. The maximum atomic E-state index is 11.8. The van der Waals surface area contributed by atoms with Crippen LogP contribution in [0.2, 0.25) is 0 Å². The molecule has 16 heavy (non-hydrogen) atoms. The first-order valence-electron chi connectivity index (χ1n) is 5.27. The summed E-state index contributed by atoms with van der Waals surface area (Å²) >= 11 is 0. The number of nitrogens with zero attached hydrogens (tertiary/aromatic N) is 2. The molecule has 0 aliphatic carbocycles. The van der Waals surface area contributed by atoms with E-state index in [9.17, 15) is 9.59 Å². The molecule has 6 heteroatoms. The standard InChI is InChI=1S/C10H18N4O2/c1-4-7-8(12-6-5-11)13(2)10(16)14(3)9(7)15/h12H,4-6,11H2,1-3H3. The zero-order valence-electron chi connectivity index (χ0n) is 9.91. The van der Waals surface area contributed by atoms with Crippen LogP contribution in [0.5, 0.6) is 0 Å². The van der Waals surface area contributed by atoms with Crippen molar-refractivity contribution >= 4 is 5.82 Å². The average molecular weight is 226 g/mol. The molecule has 0 saturated carbocycles. The minimum atomic E-state index is -0.332. The Bertz CT molecular complexity index is 487. The molecule has 0 bridgehead atoms. The summed E-state index contributed by atoms with van der Waals surface area (Å²) in [6, 6.07) is 0. The fourth-order valence-electron chi connectivity index (χ4n) is 1.65. The highest BCUT2D eigenvalue weighted by Gasteiger charge is 2.12. The molecular formula is C10H18N4O2. The molecule has 0 aliphatic rings. The van der Waals surface area contributed by atoms with Gasteiger partial charge in [0.05, 0.1) is 5.56 Å². The lowest BCUT2D eigenvalue weighted by atomic mass is 10.2. The number of anilines is 1. The van der Waals surface area contributed by atoms with E-state index in [1.165, 1.54) is 11.6 Å². The van der Waals surface area contributed by atoms with Crippen LogP contribution in [0.1, 0.15) is 12.5 Å². The van der Waals surface area contributed by atoms with Gasteiger partial charge in [0.25, 0.3) is 5.56 Å². The van der Waals surface area contributed by atoms with Crippen molar-refractivity contribution in [3.8, 4) is 0 Å². The predicted molar refractivity (Wildman–Crippen MR) is 63.8 cm³/mol. The van der Waals surface area contributed by atoms with Gasteiger partial charge in [-0.15, -0.1) is 0 Å². The van der Waals surface area contributed by atoms with Crippen molar-refractivity contribution in [2.45, 2.75) is 13.3 Å². The van der Waals surface area contributed by atoms with E-state index in [-0.39, 0.29) is 11.2 Å². The fraction of sp³-hybridized carbons (Fsp3) is 0.600. The maximum absolute atomic E-state index is 11.8. The van der Waals surface area contributed by atoms with Gasteiger partial charge in [0.2, 0.25) is 0 Å². The average Bonchev–Trinajstić information content (AvgIpc) is 2.29. The van der Waals surface area contributed by atoms with Gasteiger partial charge >= 0.3 is 5.69 Å². The van der Waals surface area contributed by atoms with Gasteiger partial charge in [-0.25, -0.2) is 4.79 Å². The number of rotatable bonds is 4. The van der Waals surface area contributed by atoms with Crippen LogP contribution < -0.4 is 22.3 Å². The summed E-state index contributed by atoms with van der Waals surface area (Å²) in [5.74, 6) is 0.570. The van der Waals surface area contributed by atoms with Gasteiger partial charge in [-0.2, -0.15) is 0 Å². The van der Waals surface area contributed by atoms with Crippen LogP contribution in [0.4, 0.5) is 5.82 Å². The lowest BCUT2D eigenvalue weighted by Crippen LogP contribution is -2.40. The molecule has 0 spiro atoms. The molecule has 6 nitrogen and oxygen atoms in total. The van der Waals surface area contributed by atoms with E-state index in [0.717, 1.165) is 4.57 Å². The Balaban J connectivity index is 3.45. The summed E-state index contributed by atoms with van der Waals surface area (Å²) < 4.78 is 2.56. The first kappa shape index (κ1) is 12.5. The fourth-order valence-corrected chi connectivity index (χ4v) is 1.65. The Labute approximate surface area is 93.7 Å². The molecule has 0 atom stereocenters. The monoisotopic (exact) mass is 226 g/mol. The third kappa shape index (κ3) is 2.01. The van der Waals surface area contributed by atoms with E-state index < -0.39 is 0 Å². The van der Waals surface area contributed by atoms with Gasteiger partial charge in [-0.1, -0.05) is 6.92 Å². The predicted octanol–water partition coefficient (Wildman–Crippen LogP) is -0.983. The van der Waals surface area contributed by atoms with Crippen LogP contribution in [0.3, 0.4) is 0 Å². The summed E-state index contributed by atoms with van der Waals surface area (Å²) in [4.78, 5) is 23.5. The van der Waals surface area contributed by atoms with Crippen molar-refractivity contribution in [1.82, 2.24) is 9.13 Å². The summed E-state index contributed by atoms with van der Waals surface area (Å²) in [6.07, 6.45) is 0.577. The summed E-state index contributed by atoms with van der Waals surface area (Å²) in [5, 5.41) is 3.02. The Morgan fingerprint density at radius 3 is 2.38 bits per heavy atom. The quantitative estimate of drug-likeness (QED) is 0.691. The van der Waals surface area contributed by atoms with Crippen LogP contribution in [-0.2, 0) is 20.5 Å². The molecule has 1 heterocycles. The molecule has 0 unspecified atom stereocenters. The molecule has 3 N–H and O–H groups in total. The molecule has 0 fully saturated rings. The zero-order chi connectivity index (χ0) is 12.3. The van der Waals surface area contributed by atoms with Crippen LogP contribution in [-0.4, -0.2) is 22.2 Å². The van der Waals surface area contributed by atoms with E-state index in [2.05, 4.69) is 5.32 Å². The minimum absolute atomic E-state index is 0.245. The van der Waals surface area contributed by atoms with Gasteiger partial charge in [0, 0.05) is 27.2 Å². The summed E-state index contributed by atoms with van der Waals surface area (Å²) in [7, 11) is 3.12. The minimum Gasteiger partial charge on any atom is -0.370 e. The highest BCUT2D eigenvalue weighted by atomic mass is 16.2. The van der Waals surface area contributed by atoms with Gasteiger partial charge in [0.15, 0.2) is 0 Å². The van der Waals surface area contributed by atoms with Crippen molar-refractivity contribution in [1.29, 1.82) is 0 Å². The lowest BCUT2D eigenvalue weighted by Gasteiger charge is -2.15. The summed E-state index contributed by atoms with van der Waals surface area (Å²) in [6.45, 7) is 2.87. The van der Waals surface area contributed by atoms with E-state index in [4.69, 9.17) is 5.73 Å². The van der Waals surface area contributed by atoms with E-state index in [0.29, 0.717) is 30.9 Å². The largest absolute Gasteiger partial charge is 0.370 e. The molecule has 1 aromatic heterocycles. The van der Waals surface area contributed by atoms with Crippen LogP contribution >= 0.6 is 0 Å². The van der Waals surface area contributed by atoms with Crippen LogP contribution in [0.25, 0.3) is 0 Å². The number of nitrogens with one attached hydrogen (secondary N) is 1. The van der Waals surface area contributed by atoms with Gasteiger partial charge < -0.3 is 11.1 Å². The Morgan fingerprint density at radius 2 is 1.88 bits per heavy atom. The lowest BCUT2D eigenvalue weighted by molar-refractivity contribution is 0.674. The zero-order valence-corrected chi connectivity index (χ0v) is 9.91. The Morgan fingerprint density at radius 1 is 1.25 bits per heavy atom. The van der Waals surface area contributed by atoms with Crippen molar-refractivity contribution in [3.05, 3.63) is 26.4 Å². The van der Waals surface area contributed by atoms with E-state index in [1.807, 2.05) is 6.92 Å². The van der Waals surface area contributed by atoms with Crippen molar-refractivity contribution < 1.29 is 0 Å². The molecule has 1 rings (SSSR count). The second kappa shape index (κ2) is 4.98. The highest BCUT2D eigenvalue weighted by molar-refractivity contribution is 5.43. The van der Waals surface area contributed by atoms with E-state index >= 15 is 0 Å². The van der Waals surface area contributed by atoms with Gasteiger partial charge in [-0.3, -0.25) is 13.9 Å². The number of hydrogen-bond acceptors (Lipinski definition) is 4. The second-order valence-electron chi connectivity index (χ2n) is 3.60. The Hall–Kier alpha value is -1.56. The third-order valence-electron chi connectivity index (χ3n) is 2.55. The molecule has 0 aliphatic heterocycles. The van der Waals surface area contributed by atoms with Gasteiger partial charge in [0.1, 0.15) is 5.82 Å². The number of nitrogens with two attached hydrogens (primary N) is 1. The molecule has 0 aromatic carbocycles. The van der Waals surface area contributed by atoms with Gasteiger partial charge in [-0.05, 0) is 6.42 Å². The third-order valence-corrected chi connectivity index (χ3v) is 2.55. The summed E-state index contributed by atoms with van der Waals surface area (Å²) in [5.41, 5.74) is 5.42. The van der Waals surface area contributed by atoms with Crippen molar-refractivity contribution in [2.24, 2.45) is 19.8 Å². The number of aromatic nitrogens is 2. The first-order chi connectivity index (χ1) is 7.54. The van der Waals surface area contributed by atoms with Crippen LogP contribution in [0.15, 0.2) is 9.59 Å². The molecule has 0 radical (unpaired) electrons. The maximum Gasteiger partial charge on any atom is 0.332 e. The number of hydrogen-bond donors (Lipinski definition) is 2. The SMILES string of the molecule is CCc1c(NCCN)n(C)c(=O)n(C)c1=O. The molecule has 0 amide bonds. The first-order valence-corrected chi connectivity index (χ1v) is 5.27. The van der Waals surface area contributed by atoms with Crippen molar-refractivity contribution in [2.75, 3.05) is 18.4 Å². The molecule has 0 saturated heterocycles. The van der Waals surface area contributed by atoms with E-state index in [1.54, 1.807) is 7.05 Å².